The van der Waals surface area contributed by atoms with Gasteiger partial charge in [0.1, 0.15) is 0 Å². The van der Waals surface area contributed by atoms with Gasteiger partial charge in [-0.2, -0.15) is 0 Å². The lowest BCUT2D eigenvalue weighted by atomic mass is 9.95. The first-order valence-electron chi connectivity index (χ1n) is 6.54. The molecule has 0 aliphatic heterocycles. The monoisotopic (exact) mass is 263 g/mol. The quantitative estimate of drug-likeness (QED) is 0.827. The van der Waals surface area contributed by atoms with Gasteiger partial charge in [0.2, 0.25) is 5.91 Å². The molecule has 0 radical (unpaired) electrons. The molecule has 1 aromatic rings. The summed E-state index contributed by atoms with van der Waals surface area (Å²) in [7, 11) is 0. The van der Waals surface area contributed by atoms with Crippen LogP contribution in [0.5, 0.6) is 0 Å². The van der Waals surface area contributed by atoms with E-state index >= 15 is 0 Å². The lowest BCUT2D eigenvalue weighted by Crippen LogP contribution is -2.34. The number of hydrogen-bond donors (Lipinski definition) is 2. The van der Waals surface area contributed by atoms with E-state index in [0.717, 1.165) is 12.0 Å². The Balaban J connectivity index is 2.51. The highest BCUT2D eigenvalue weighted by atomic mass is 16.4. The van der Waals surface area contributed by atoms with E-state index in [2.05, 4.69) is 12.2 Å². The number of carbonyl (C=O) groups excluding carboxylic acids is 1. The molecule has 0 saturated heterocycles. The number of aryl methyl sites for hydroxylation is 1. The van der Waals surface area contributed by atoms with E-state index in [1.807, 2.05) is 24.3 Å². The van der Waals surface area contributed by atoms with E-state index in [-0.39, 0.29) is 5.91 Å². The molecule has 4 heteroatoms. The van der Waals surface area contributed by atoms with Crippen molar-refractivity contribution in [1.29, 1.82) is 0 Å². The molecule has 1 aromatic carbocycles. The van der Waals surface area contributed by atoms with Crippen LogP contribution in [0.15, 0.2) is 24.3 Å². The fraction of sp³-hybridized carbons (Fsp3) is 0.467. The fourth-order valence-corrected chi connectivity index (χ4v) is 1.68. The molecule has 2 N–H and O–H groups in total. The third-order valence-corrected chi connectivity index (χ3v) is 3.45. The van der Waals surface area contributed by atoms with Gasteiger partial charge in [-0.3, -0.25) is 9.59 Å². The number of benzene rings is 1. The van der Waals surface area contributed by atoms with Gasteiger partial charge in [-0.15, -0.1) is 0 Å². The summed E-state index contributed by atoms with van der Waals surface area (Å²) in [6, 6.07) is 8.02. The van der Waals surface area contributed by atoms with Crippen LogP contribution in [0, 0.1) is 11.8 Å². The molecule has 19 heavy (non-hydrogen) atoms. The van der Waals surface area contributed by atoms with Crippen molar-refractivity contribution in [2.45, 2.75) is 33.7 Å². The fourth-order valence-electron chi connectivity index (χ4n) is 1.68. The molecule has 0 heterocycles. The van der Waals surface area contributed by atoms with Crippen LogP contribution in [0.1, 0.15) is 31.9 Å². The molecule has 1 rings (SSSR count). The summed E-state index contributed by atoms with van der Waals surface area (Å²) in [5, 5.41) is 11.6. The first-order chi connectivity index (χ1) is 8.95. The van der Waals surface area contributed by atoms with Crippen molar-refractivity contribution in [3.63, 3.8) is 0 Å². The summed E-state index contributed by atoms with van der Waals surface area (Å²) >= 11 is 0. The Kier molecular flexibility index (Phi) is 5.55. The molecule has 2 unspecified atom stereocenters. The number of carbonyl (C=O) groups is 2. The SMILES string of the molecule is CCc1ccc(CNC(=O)C(C)C(C)C(=O)O)cc1. The van der Waals surface area contributed by atoms with Crippen molar-refractivity contribution < 1.29 is 14.7 Å². The van der Waals surface area contributed by atoms with Gasteiger partial charge in [0.25, 0.3) is 0 Å². The highest BCUT2D eigenvalue weighted by Gasteiger charge is 2.25. The summed E-state index contributed by atoms with van der Waals surface area (Å²) < 4.78 is 0. The van der Waals surface area contributed by atoms with E-state index < -0.39 is 17.8 Å². The number of amides is 1. The first kappa shape index (κ1) is 15.2. The van der Waals surface area contributed by atoms with Crippen molar-refractivity contribution in [1.82, 2.24) is 5.32 Å². The average Bonchev–Trinajstić information content (AvgIpc) is 2.43. The molecule has 2 atom stereocenters. The summed E-state index contributed by atoms with van der Waals surface area (Å²) in [5.74, 6) is -2.39. The van der Waals surface area contributed by atoms with E-state index in [0.29, 0.717) is 6.54 Å². The van der Waals surface area contributed by atoms with E-state index in [4.69, 9.17) is 5.11 Å². The van der Waals surface area contributed by atoms with Crippen molar-refractivity contribution in [3.8, 4) is 0 Å². The van der Waals surface area contributed by atoms with Crippen molar-refractivity contribution >= 4 is 11.9 Å². The van der Waals surface area contributed by atoms with Gasteiger partial charge in [0, 0.05) is 12.5 Å². The normalized spacial score (nSPS) is 13.6. The number of nitrogens with one attached hydrogen (secondary N) is 1. The zero-order valence-electron chi connectivity index (χ0n) is 11.6. The molecule has 0 saturated carbocycles. The Labute approximate surface area is 113 Å². The van der Waals surface area contributed by atoms with Gasteiger partial charge >= 0.3 is 5.97 Å². The van der Waals surface area contributed by atoms with Crippen LogP contribution in [0.25, 0.3) is 0 Å². The lowest BCUT2D eigenvalue weighted by Gasteiger charge is -2.15. The van der Waals surface area contributed by atoms with E-state index in [1.165, 1.54) is 5.56 Å². The third kappa shape index (κ3) is 4.39. The van der Waals surface area contributed by atoms with Crippen LogP contribution in [-0.4, -0.2) is 17.0 Å². The molecule has 1 amide bonds. The Morgan fingerprint density at radius 2 is 1.63 bits per heavy atom. The number of hydrogen-bond acceptors (Lipinski definition) is 2. The van der Waals surface area contributed by atoms with E-state index in [1.54, 1.807) is 13.8 Å². The van der Waals surface area contributed by atoms with Gasteiger partial charge in [-0.05, 0) is 17.5 Å². The Bertz CT molecular complexity index is 439. The van der Waals surface area contributed by atoms with Crippen LogP contribution in [0.3, 0.4) is 0 Å². The molecule has 4 nitrogen and oxygen atoms in total. The average molecular weight is 263 g/mol. The summed E-state index contributed by atoms with van der Waals surface area (Å²) in [4.78, 5) is 22.6. The molecular weight excluding hydrogens is 242 g/mol. The second kappa shape index (κ2) is 6.92. The van der Waals surface area contributed by atoms with Crippen molar-refractivity contribution in [3.05, 3.63) is 35.4 Å². The maximum atomic E-state index is 11.8. The van der Waals surface area contributed by atoms with Gasteiger partial charge in [-0.25, -0.2) is 0 Å². The topological polar surface area (TPSA) is 66.4 Å². The van der Waals surface area contributed by atoms with Crippen LogP contribution in [0.2, 0.25) is 0 Å². The Hall–Kier alpha value is -1.84. The van der Waals surface area contributed by atoms with Crippen LogP contribution in [0.4, 0.5) is 0 Å². The minimum absolute atomic E-state index is 0.227. The molecule has 0 fully saturated rings. The van der Waals surface area contributed by atoms with Gasteiger partial charge in [0.15, 0.2) is 0 Å². The lowest BCUT2D eigenvalue weighted by molar-refractivity contribution is -0.146. The maximum Gasteiger partial charge on any atom is 0.307 e. The predicted molar refractivity (Wildman–Crippen MR) is 73.6 cm³/mol. The molecule has 0 spiro atoms. The van der Waals surface area contributed by atoms with Crippen LogP contribution in [-0.2, 0) is 22.6 Å². The third-order valence-electron chi connectivity index (χ3n) is 3.45. The second-order valence-corrected chi connectivity index (χ2v) is 4.80. The van der Waals surface area contributed by atoms with Crippen molar-refractivity contribution in [2.24, 2.45) is 11.8 Å². The van der Waals surface area contributed by atoms with Gasteiger partial charge in [-0.1, -0.05) is 45.0 Å². The highest BCUT2D eigenvalue weighted by Crippen LogP contribution is 2.11. The zero-order valence-corrected chi connectivity index (χ0v) is 11.6. The maximum absolute atomic E-state index is 11.8. The van der Waals surface area contributed by atoms with Gasteiger partial charge < -0.3 is 10.4 Å². The number of carboxylic acid groups (broad SMARTS) is 1. The van der Waals surface area contributed by atoms with Crippen LogP contribution < -0.4 is 5.32 Å². The molecule has 0 aliphatic rings. The van der Waals surface area contributed by atoms with Gasteiger partial charge in [0.05, 0.1) is 5.92 Å². The number of carboxylic acids is 1. The standard InChI is InChI=1S/C15H21NO3/c1-4-12-5-7-13(8-6-12)9-16-14(17)10(2)11(3)15(18)19/h5-8,10-11H,4,9H2,1-3H3,(H,16,17)(H,18,19). The Morgan fingerprint density at radius 3 is 2.11 bits per heavy atom. The molecule has 0 aromatic heterocycles. The summed E-state index contributed by atoms with van der Waals surface area (Å²) in [5.41, 5.74) is 2.27. The van der Waals surface area contributed by atoms with E-state index in [9.17, 15) is 9.59 Å². The largest absolute Gasteiger partial charge is 0.481 e. The zero-order chi connectivity index (χ0) is 14.4. The number of rotatable bonds is 6. The number of aliphatic carboxylic acids is 1. The Morgan fingerprint density at radius 1 is 1.11 bits per heavy atom. The molecule has 0 aliphatic carbocycles. The predicted octanol–water partition coefficient (Wildman–Crippen LogP) is 2.22. The van der Waals surface area contributed by atoms with Crippen LogP contribution >= 0.6 is 0 Å². The smallest absolute Gasteiger partial charge is 0.307 e. The summed E-state index contributed by atoms with van der Waals surface area (Å²) in [6.45, 7) is 5.70. The van der Waals surface area contributed by atoms with Crippen molar-refractivity contribution in [2.75, 3.05) is 0 Å². The molecule has 0 bridgehead atoms. The minimum atomic E-state index is -0.949. The first-order valence-corrected chi connectivity index (χ1v) is 6.54. The minimum Gasteiger partial charge on any atom is -0.481 e. The highest BCUT2D eigenvalue weighted by molar-refractivity contribution is 5.84. The second-order valence-electron chi connectivity index (χ2n) is 4.80. The molecular formula is C15H21NO3. The molecule has 104 valence electrons. The summed E-state index contributed by atoms with van der Waals surface area (Å²) in [6.07, 6.45) is 0.986.